The van der Waals surface area contributed by atoms with Gasteiger partial charge in [0.15, 0.2) is 0 Å². The van der Waals surface area contributed by atoms with Crippen molar-refractivity contribution in [2.45, 2.75) is 23.2 Å². The van der Waals surface area contributed by atoms with Crippen LogP contribution >= 0.6 is 22.6 Å². The average molecular weight is 239 g/mol. The normalized spacial score (nSPS) is 39.0. The van der Waals surface area contributed by atoms with Crippen molar-refractivity contribution in [3.63, 3.8) is 0 Å². The minimum Gasteiger partial charge on any atom is -0.305 e. The van der Waals surface area contributed by atoms with Gasteiger partial charge >= 0.3 is 0 Å². The van der Waals surface area contributed by atoms with E-state index >= 15 is 0 Å². The third-order valence-corrected chi connectivity index (χ3v) is 2.72. The first kappa shape index (κ1) is 7.79. The van der Waals surface area contributed by atoms with Crippen molar-refractivity contribution >= 4 is 22.6 Å². The van der Waals surface area contributed by atoms with Crippen LogP contribution in [-0.2, 0) is 0 Å². The highest BCUT2D eigenvalue weighted by molar-refractivity contribution is 14.1. The van der Waals surface area contributed by atoms with E-state index in [1.54, 1.807) is 0 Å². The van der Waals surface area contributed by atoms with Crippen LogP contribution < -0.4 is 0 Å². The second kappa shape index (κ2) is 2.74. The van der Waals surface area contributed by atoms with Crippen molar-refractivity contribution in [1.82, 2.24) is 4.90 Å². The number of halogens is 1. The van der Waals surface area contributed by atoms with E-state index in [4.69, 9.17) is 0 Å². The number of piperidine rings is 1. The molecule has 0 aromatic rings. The molecule has 0 aliphatic carbocycles. The number of alkyl halides is 1. The summed E-state index contributed by atoms with van der Waals surface area (Å²) in [4.78, 5) is 2.41. The van der Waals surface area contributed by atoms with Crippen LogP contribution in [0.5, 0.6) is 0 Å². The van der Waals surface area contributed by atoms with E-state index in [0.29, 0.717) is 3.42 Å². The molecule has 9 heavy (non-hydrogen) atoms. The zero-order valence-corrected chi connectivity index (χ0v) is 8.31. The summed E-state index contributed by atoms with van der Waals surface area (Å²) < 4.78 is 0.546. The fraction of sp³-hybridized carbons (Fsp3) is 1.00. The summed E-state index contributed by atoms with van der Waals surface area (Å²) in [5.74, 6) is 0. The van der Waals surface area contributed by atoms with Gasteiger partial charge in [-0.3, -0.25) is 0 Å². The van der Waals surface area contributed by atoms with Gasteiger partial charge in [-0.25, -0.2) is 0 Å². The Morgan fingerprint density at radius 3 is 2.56 bits per heavy atom. The van der Waals surface area contributed by atoms with Crippen LogP contribution in [0.2, 0.25) is 0 Å². The summed E-state index contributed by atoms with van der Waals surface area (Å²) in [5, 5.41) is 0. The Labute approximate surface area is 70.9 Å². The van der Waals surface area contributed by atoms with Crippen LogP contribution in [0.25, 0.3) is 0 Å². The lowest BCUT2D eigenvalue weighted by molar-refractivity contribution is 0.250. The lowest BCUT2D eigenvalue weighted by Crippen LogP contribution is -2.39. The molecule has 0 unspecified atom stereocenters. The maximum absolute atomic E-state index is 2.56. The van der Waals surface area contributed by atoms with E-state index in [9.17, 15) is 0 Å². The van der Waals surface area contributed by atoms with Gasteiger partial charge in [0, 0.05) is 9.97 Å². The molecule has 0 saturated carbocycles. The first-order valence-electron chi connectivity index (χ1n) is 3.48. The van der Waals surface area contributed by atoms with Crippen molar-refractivity contribution in [1.29, 1.82) is 0 Å². The lowest BCUT2D eigenvalue weighted by Gasteiger charge is -2.34. The number of rotatable bonds is 0. The minimum absolute atomic E-state index is 0.546. The summed E-state index contributed by atoms with van der Waals surface area (Å²) in [7, 11) is 2.20. The Hall–Kier alpha value is 0.690. The molecule has 0 spiro atoms. The van der Waals surface area contributed by atoms with Crippen molar-refractivity contribution < 1.29 is 0 Å². The molecule has 1 nitrogen and oxygen atoms in total. The fourth-order valence-electron chi connectivity index (χ4n) is 1.44. The Balaban J connectivity index is 2.41. The first-order valence-corrected chi connectivity index (χ1v) is 4.55. The molecule has 1 fully saturated rings. The van der Waals surface area contributed by atoms with E-state index < -0.39 is 0 Å². The van der Waals surface area contributed by atoms with E-state index in [2.05, 4.69) is 41.5 Å². The van der Waals surface area contributed by atoms with E-state index in [1.165, 1.54) is 25.9 Å². The van der Waals surface area contributed by atoms with Gasteiger partial charge in [0.2, 0.25) is 0 Å². The van der Waals surface area contributed by atoms with Gasteiger partial charge in [-0.1, -0.05) is 22.6 Å². The minimum atomic E-state index is 0.546. The number of nitrogens with zero attached hydrogens (tertiary/aromatic N) is 1. The van der Waals surface area contributed by atoms with Gasteiger partial charge < -0.3 is 4.90 Å². The van der Waals surface area contributed by atoms with Crippen LogP contribution in [-0.4, -0.2) is 28.5 Å². The molecule has 54 valence electrons. The molecule has 2 heteroatoms. The highest BCUT2D eigenvalue weighted by Gasteiger charge is 2.25. The van der Waals surface area contributed by atoms with Crippen molar-refractivity contribution in [3.05, 3.63) is 0 Å². The predicted molar refractivity (Wildman–Crippen MR) is 49.2 cm³/mol. The SMILES string of the molecule is CN1CCC[C@](C)(I)C1. The predicted octanol–water partition coefficient (Wildman–Crippen LogP) is 1.91. The maximum atomic E-state index is 2.56. The highest BCUT2D eigenvalue weighted by Crippen LogP contribution is 2.28. The summed E-state index contributed by atoms with van der Waals surface area (Å²) >= 11 is 2.56. The third-order valence-electron chi connectivity index (χ3n) is 1.84. The molecule has 1 rings (SSSR count). The second-order valence-electron chi connectivity index (χ2n) is 3.25. The summed E-state index contributed by atoms with van der Waals surface area (Å²) in [6.45, 7) is 4.88. The summed E-state index contributed by atoms with van der Waals surface area (Å²) in [5.41, 5.74) is 0. The van der Waals surface area contributed by atoms with Gasteiger partial charge in [-0.05, 0) is 33.4 Å². The molecule has 0 radical (unpaired) electrons. The van der Waals surface area contributed by atoms with Crippen LogP contribution in [0.3, 0.4) is 0 Å². The lowest BCUT2D eigenvalue weighted by atomic mass is 10.0. The number of likely N-dealkylation sites (tertiary alicyclic amines) is 1. The molecule has 1 heterocycles. The third kappa shape index (κ3) is 2.42. The molecule has 0 bridgehead atoms. The summed E-state index contributed by atoms with van der Waals surface area (Å²) in [6, 6.07) is 0. The first-order chi connectivity index (χ1) is 4.10. The van der Waals surface area contributed by atoms with Gasteiger partial charge in [-0.2, -0.15) is 0 Å². The largest absolute Gasteiger partial charge is 0.305 e. The maximum Gasteiger partial charge on any atom is 0.0321 e. The van der Waals surface area contributed by atoms with Crippen LogP contribution in [0.1, 0.15) is 19.8 Å². The van der Waals surface area contributed by atoms with Crippen molar-refractivity contribution in [2.75, 3.05) is 20.1 Å². The standard InChI is InChI=1S/C7H14IN/c1-7(8)4-3-5-9(2)6-7/h3-6H2,1-2H3/t7-/m0/s1. The van der Waals surface area contributed by atoms with Crippen LogP contribution in [0.15, 0.2) is 0 Å². The van der Waals surface area contributed by atoms with Crippen molar-refractivity contribution in [2.24, 2.45) is 0 Å². The Bertz CT molecular complexity index is 101. The van der Waals surface area contributed by atoms with Gasteiger partial charge in [0.25, 0.3) is 0 Å². The highest BCUT2D eigenvalue weighted by atomic mass is 127. The number of hydrogen-bond donors (Lipinski definition) is 0. The molecule has 0 N–H and O–H groups in total. The van der Waals surface area contributed by atoms with Gasteiger partial charge in [-0.15, -0.1) is 0 Å². The van der Waals surface area contributed by atoms with Crippen LogP contribution in [0.4, 0.5) is 0 Å². The monoisotopic (exact) mass is 239 g/mol. The molecule has 1 aliphatic heterocycles. The van der Waals surface area contributed by atoms with Crippen LogP contribution in [0, 0.1) is 0 Å². The second-order valence-corrected chi connectivity index (χ2v) is 5.86. The topological polar surface area (TPSA) is 3.24 Å². The number of hydrogen-bond acceptors (Lipinski definition) is 1. The van der Waals surface area contributed by atoms with Gasteiger partial charge in [0.1, 0.15) is 0 Å². The van der Waals surface area contributed by atoms with Crippen molar-refractivity contribution in [3.8, 4) is 0 Å². The molecule has 1 aliphatic rings. The molecule has 0 amide bonds. The Kier molecular flexibility index (Phi) is 2.37. The molecular weight excluding hydrogens is 225 g/mol. The molecule has 0 aromatic heterocycles. The quantitative estimate of drug-likeness (QED) is 0.461. The van der Waals surface area contributed by atoms with E-state index in [1.807, 2.05) is 0 Å². The Morgan fingerprint density at radius 2 is 2.22 bits per heavy atom. The smallest absolute Gasteiger partial charge is 0.0321 e. The molecular formula is C7H14IN. The van der Waals surface area contributed by atoms with Gasteiger partial charge in [0.05, 0.1) is 0 Å². The van der Waals surface area contributed by atoms with E-state index in [0.717, 1.165) is 0 Å². The van der Waals surface area contributed by atoms with E-state index in [-0.39, 0.29) is 0 Å². The molecule has 1 saturated heterocycles. The zero-order chi connectivity index (χ0) is 6.91. The molecule has 1 atom stereocenters. The Morgan fingerprint density at radius 1 is 1.56 bits per heavy atom. The average Bonchev–Trinajstić information content (AvgIpc) is 1.60. The fourth-order valence-corrected chi connectivity index (χ4v) is 2.40. The zero-order valence-electron chi connectivity index (χ0n) is 6.15. The molecule has 0 aromatic carbocycles. The summed E-state index contributed by atoms with van der Waals surface area (Å²) in [6.07, 6.45) is 2.76.